The molecule has 0 aromatic heterocycles. The molecule has 1 amide bonds. The van der Waals surface area contributed by atoms with Gasteiger partial charge in [-0.1, -0.05) is 29.8 Å². The fraction of sp³-hybridized carbons (Fsp3) is 0.611. The van der Waals surface area contributed by atoms with Crippen LogP contribution in [0.15, 0.2) is 24.3 Å². The van der Waals surface area contributed by atoms with Crippen LogP contribution in [0.2, 0.25) is 0 Å². The predicted octanol–water partition coefficient (Wildman–Crippen LogP) is 2.86. The Labute approximate surface area is 126 Å². The van der Waals surface area contributed by atoms with E-state index in [-0.39, 0.29) is 12.1 Å². The lowest BCUT2D eigenvalue weighted by Gasteiger charge is -2.29. The van der Waals surface area contributed by atoms with Crippen LogP contribution in [0.3, 0.4) is 0 Å². The molecule has 1 unspecified atom stereocenters. The molecule has 1 aliphatic heterocycles. The Morgan fingerprint density at radius 2 is 1.95 bits per heavy atom. The van der Waals surface area contributed by atoms with Crippen molar-refractivity contribution in [2.75, 3.05) is 13.1 Å². The molecule has 1 heterocycles. The Balaban J connectivity index is 1.54. The minimum atomic E-state index is 0.0809. The van der Waals surface area contributed by atoms with Gasteiger partial charge in [0, 0.05) is 6.54 Å². The average Bonchev–Trinajstić information content (AvgIpc) is 3.36. The van der Waals surface area contributed by atoms with Gasteiger partial charge >= 0.3 is 0 Å². The molecule has 1 aromatic rings. The lowest BCUT2D eigenvalue weighted by molar-refractivity contribution is -0.128. The van der Waals surface area contributed by atoms with Crippen molar-refractivity contribution in [2.45, 2.75) is 38.8 Å². The zero-order chi connectivity index (χ0) is 14.4. The molecule has 3 fully saturated rings. The molecule has 2 aliphatic carbocycles. The molecule has 3 heteroatoms. The third kappa shape index (κ3) is 2.71. The summed E-state index contributed by atoms with van der Waals surface area (Å²) in [5, 5.41) is 3.40. The van der Waals surface area contributed by atoms with Crippen molar-refractivity contribution in [3.05, 3.63) is 35.4 Å². The summed E-state index contributed by atoms with van der Waals surface area (Å²) in [5.74, 6) is 2.81. The van der Waals surface area contributed by atoms with Crippen LogP contribution >= 0.6 is 0 Å². The fourth-order valence-electron chi connectivity index (χ4n) is 3.84. The number of aryl methyl sites for hydroxylation is 1. The first-order valence-electron chi connectivity index (χ1n) is 8.32. The van der Waals surface area contributed by atoms with E-state index >= 15 is 0 Å². The van der Waals surface area contributed by atoms with Crippen molar-refractivity contribution in [1.29, 1.82) is 0 Å². The largest absolute Gasteiger partial charge is 0.322 e. The first-order chi connectivity index (χ1) is 10.2. The van der Waals surface area contributed by atoms with Crippen LogP contribution < -0.4 is 5.32 Å². The van der Waals surface area contributed by atoms with Crippen molar-refractivity contribution in [3.8, 4) is 0 Å². The Morgan fingerprint density at radius 3 is 2.57 bits per heavy atom. The zero-order valence-corrected chi connectivity index (χ0v) is 12.7. The van der Waals surface area contributed by atoms with Gasteiger partial charge < -0.3 is 4.90 Å². The molecular weight excluding hydrogens is 260 g/mol. The van der Waals surface area contributed by atoms with Crippen LogP contribution in [0.25, 0.3) is 0 Å². The molecule has 1 atom stereocenters. The number of hydrogen-bond acceptors (Lipinski definition) is 2. The smallest absolute Gasteiger partial charge is 0.238 e. The van der Waals surface area contributed by atoms with E-state index in [9.17, 15) is 4.79 Å². The summed E-state index contributed by atoms with van der Waals surface area (Å²) in [5.41, 5.74) is 2.49. The normalized spacial score (nSPS) is 25.9. The maximum absolute atomic E-state index is 12.3. The molecular formula is C18H24N2O. The maximum Gasteiger partial charge on any atom is 0.238 e. The lowest BCUT2D eigenvalue weighted by Crippen LogP contribution is -2.36. The van der Waals surface area contributed by atoms with E-state index < -0.39 is 0 Å². The number of rotatable bonds is 5. The summed E-state index contributed by atoms with van der Waals surface area (Å²) in [6, 6.07) is 8.54. The van der Waals surface area contributed by atoms with E-state index in [1.165, 1.54) is 36.8 Å². The summed E-state index contributed by atoms with van der Waals surface area (Å²) in [7, 11) is 0. The highest BCUT2D eigenvalue weighted by Gasteiger charge is 2.44. The molecule has 4 rings (SSSR count). The summed E-state index contributed by atoms with van der Waals surface area (Å²) in [6.07, 6.45) is 5.60. The maximum atomic E-state index is 12.3. The second kappa shape index (κ2) is 5.13. The monoisotopic (exact) mass is 284 g/mol. The number of nitrogens with one attached hydrogen (secondary N) is 1. The minimum Gasteiger partial charge on any atom is -0.322 e. The molecule has 1 saturated heterocycles. The quantitative estimate of drug-likeness (QED) is 0.901. The number of nitrogens with zero attached hydrogens (tertiary/aromatic N) is 1. The summed E-state index contributed by atoms with van der Waals surface area (Å²) in [6.45, 7) is 3.56. The first-order valence-corrected chi connectivity index (χ1v) is 8.32. The first kappa shape index (κ1) is 13.3. The van der Waals surface area contributed by atoms with Gasteiger partial charge in [0.05, 0.1) is 6.54 Å². The number of amides is 1. The molecule has 3 aliphatic rings. The molecule has 2 saturated carbocycles. The number of carbonyl (C=O) groups excluding carboxylic acids is 1. The predicted molar refractivity (Wildman–Crippen MR) is 82.6 cm³/mol. The van der Waals surface area contributed by atoms with Crippen molar-refractivity contribution >= 4 is 5.91 Å². The molecule has 0 bridgehead atoms. The minimum absolute atomic E-state index is 0.0809. The van der Waals surface area contributed by atoms with E-state index in [0.29, 0.717) is 6.54 Å². The SMILES string of the molecule is Cc1cccc(C2NCC(=O)N2CC(C2CC2)C2CC2)c1. The van der Waals surface area contributed by atoms with Crippen molar-refractivity contribution in [2.24, 2.45) is 17.8 Å². The van der Waals surface area contributed by atoms with E-state index in [0.717, 1.165) is 24.3 Å². The van der Waals surface area contributed by atoms with E-state index in [4.69, 9.17) is 0 Å². The van der Waals surface area contributed by atoms with Crippen LogP contribution in [0.5, 0.6) is 0 Å². The summed E-state index contributed by atoms with van der Waals surface area (Å²) >= 11 is 0. The van der Waals surface area contributed by atoms with Gasteiger partial charge in [-0.15, -0.1) is 0 Å². The molecule has 0 spiro atoms. The Morgan fingerprint density at radius 1 is 1.24 bits per heavy atom. The Bertz CT molecular complexity index is 536. The van der Waals surface area contributed by atoms with Crippen molar-refractivity contribution in [3.63, 3.8) is 0 Å². The highest BCUT2D eigenvalue weighted by molar-refractivity contribution is 5.81. The zero-order valence-electron chi connectivity index (χ0n) is 12.7. The number of hydrogen-bond donors (Lipinski definition) is 1. The highest BCUT2D eigenvalue weighted by Crippen LogP contribution is 2.50. The van der Waals surface area contributed by atoms with Crippen molar-refractivity contribution in [1.82, 2.24) is 10.2 Å². The van der Waals surface area contributed by atoms with Crippen LogP contribution in [0.1, 0.15) is 43.0 Å². The second-order valence-electron chi connectivity index (χ2n) is 7.08. The third-order valence-corrected chi connectivity index (χ3v) is 5.30. The lowest BCUT2D eigenvalue weighted by atomic mass is 9.96. The fourth-order valence-corrected chi connectivity index (χ4v) is 3.84. The van der Waals surface area contributed by atoms with E-state index in [2.05, 4.69) is 41.4 Å². The second-order valence-corrected chi connectivity index (χ2v) is 7.08. The van der Waals surface area contributed by atoms with Gasteiger partial charge in [-0.3, -0.25) is 10.1 Å². The van der Waals surface area contributed by atoms with Crippen LogP contribution in [0, 0.1) is 24.7 Å². The topological polar surface area (TPSA) is 32.3 Å². The molecule has 21 heavy (non-hydrogen) atoms. The molecule has 1 N–H and O–H groups in total. The molecule has 0 radical (unpaired) electrons. The van der Waals surface area contributed by atoms with Gasteiger partial charge in [0.25, 0.3) is 0 Å². The summed E-state index contributed by atoms with van der Waals surface area (Å²) < 4.78 is 0. The number of carbonyl (C=O) groups is 1. The van der Waals surface area contributed by atoms with Gasteiger partial charge in [0.2, 0.25) is 5.91 Å². The van der Waals surface area contributed by atoms with E-state index in [1.54, 1.807) is 0 Å². The van der Waals surface area contributed by atoms with Gasteiger partial charge in [0.1, 0.15) is 6.17 Å². The van der Waals surface area contributed by atoms with Gasteiger partial charge in [-0.05, 0) is 55.9 Å². The molecule has 3 nitrogen and oxygen atoms in total. The number of benzene rings is 1. The van der Waals surface area contributed by atoms with E-state index in [1.807, 2.05) is 0 Å². The molecule has 1 aromatic carbocycles. The van der Waals surface area contributed by atoms with Crippen LogP contribution in [-0.4, -0.2) is 23.9 Å². The Hall–Kier alpha value is -1.35. The van der Waals surface area contributed by atoms with Gasteiger partial charge in [0.15, 0.2) is 0 Å². The van der Waals surface area contributed by atoms with Crippen molar-refractivity contribution < 1.29 is 4.79 Å². The standard InChI is InChI=1S/C18H24N2O/c1-12-3-2-4-15(9-12)18-19-10-17(21)20(18)11-16(13-5-6-13)14-7-8-14/h2-4,9,13-14,16,18-19H,5-8,10-11H2,1H3. The molecule has 112 valence electrons. The van der Waals surface area contributed by atoms with Crippen LogP contribution in [-0.2, 0) is 4.79 Å². The summed E-state index contributed by atoms with van der Waals surface area (Å²) in [4.78, 5) is 14.4. The Kier molecular flexibility index (Phi) is 3.26. The van der Waals surface area contributed by atoms with Crippen LogP contribution in [0.4, 0.5) is 0 Å². The van der Waals surface area contributed by atoms with Gasteiger partial charge in [-0.2, -0.15) is 0 Å². The highest BCUT2D eigenvalue weighted by atomic mass is 16.2. The average molecular weight is 284 g/mol. The van der Waals surface area contributed by atoms with Gasteiger partial charge in [-0.25, -0.2) is 0 Å². The third-order valence-electron chi connectivity index (χ3n) is 5.30.